The summed E-state index contributed by atoms with van der Waals surface area (Å²) in [5.74, 6) is 6.24. The molecule has 0 N–H and O–H groups in total. The third kappa shape index (κ3) is 4.64. The molecule has 0 aliphatic rings. The van der Waals surface area contributed by atoms with Crippen LogP contribution in [-0.4, -0.2) is 24.5 Å². The summed E-state index contributed by atoms with van der Waals surface area (Å²) in [6.45, 7) is 4.55. The second kappa shape index (κ2) is 7.51. The van der Waals surface area contributed by atoms with E-state index in [-0.39, 0.29) is 0 Å². The summed E-state index contributed by atoms with van der Waals surface area (Å²) < 4.78 is 0. The Hall–Kier alpha value is -1.77. The summed E-state index contributed by atoms with van der Waals surface area (Å²) in [6.07, 6.45) is 0.570. The molecule has 0 saturated carbocycles. The molecule has 0 bridgehead atoms. The van der Waals surface area contributed by atoms with Gasteiger partial charge in [0.25, 0.3) is 0 Å². The van der Waals surface area contributed by atoms with Crippen LogP contribution in [0.2, 0.25) is 0 Å². The topological polar surface area (TPSA) is 27.0 Å². The maximum atomic E-state index is 8.50. The normalized spacial score (nSPS) is 9.31. The third-order valence-corrected chi connectivity index (χ3v) is 2.30. The largest absolute Gasteiger partial charge is 0.292 e. The fourth-order valence-electron chi connectivity index (χ4n) is 1.33. The van der Waals surface area contributed by atoms with E-state index in [0.717, 1.165) is 25.2 Å². The van der Waals surface area contributed by atoms with E-state index in [9.17, 15) is 0 Å². The summed E-state index contributed by atoms with van der Waals surface area (Å²) in [5, 5.41) is 8.50. The lowest BCUT2D eigenvalue weighted by Gasteiger charge is -2.14. The van der Waals surface area contributed by atoms with E-state index in [1.165, 1.54) is 0 Å². The molecule has 1 aromatic rings. The average Bonchev–Trinajstić information content (AvgIpc) is 2.35. The molecule has 2 nitrogen and oxygen atoms in total. The Morgan fingerprint density at radius 1 is 1.25 bits per heavy atom. The second-order valence-electron chi connectivity index (χ2n) is 3.44. The van der Waals surface area contributed by atoms with Gasteiger partial charge in [0.05, 0.1) is 12.6 Å². The molecule has 0 spiro atoms. The molecule has 0 aliphatic heterocycles. The van der Waals surface area contributed by atoms with Crippen molar-refractivity contribution >= 4 is 0 Å². The van der Waals surface area contributed by atoms with Crippen LogP contribution in [0.3, 0.4) is 0 Å². The molecule has 0 radical (unpaired) electrons. The highest BCUT2D eigenvalue weighted by Gasteiger charge is 1.97. The monoisotopic (exact) mass is 212 g/mol. The van der Waals surface area contributed by atoms with Crippen molar-refractivity contribution in [2.24, 2.45) is 0 Å². The number of hydrogen-bond acceptors (Lipinski definition) is 2. The van der Waals surface area contributed by atoms with Gasteiger partial charge >= 0.3 is 0 Å². The Morgan fingerprint density at radius 2 is 2.00 bits per heavy atom. The van der Waals surface area contributed by atoms with Gasteiger partial charge in [-0.1, -0.05) is 37.0 Å². The average molecular weight is 212 g/mol. The van der Waals surface area contributed by atoms with Gasteiger partial charge in [0.1, 0.15) is 0 Å². The van der Waals surface area contributed by atoms with E-state index in [4.69, 9.17) is 5.26 Å². The molecule has 0 aliphatic carbocycles. The van der Waals surface area contributed by atoms with Gasteiger partial charge in [-0.25, -0.2) is 0 Å². The number of rotatable bonds is 4. The lowest BCUT2D eigenvalue weighted by Crippen LogP contribution is -2.24. The van der Waals surface area contributed by atoms with Crippen LogP contribution in [0, 0.1) is 23.2 Å². The van der Waals surface area contributed by atoms with E-state index in [1.54, 1.807) is 0 Å². The van der Waals surface area contributed by atoms with Crippen LogP contribution in [0.1, 0.15) is 18.9 Å². The molecule has 0 saturated heterocycles. The standard InChI is InChI=1S/C14H16N2/c1-2-16(13-7-11-15)12-6-10-14-8-4-3-5-9-14/h3-5,8-9H,2,7,12-13H2,1H3. The van der Waals surface area contributed by atoms with Crippen LogP contribution in [0.4, 0.5) is 0 Å². The van der Waals surface area contributed by atoms with Gasteiger partial charge in [-0.15, -0.1) is 0 Å². The minimum absolute atomic E-state index is 0.570. The zero-order valence-corrected chi connectivity index (χ0v) is 9.61. The zero-order chi connectivity index (χ0) is 11.6. The number of benzene rings is 1. The van der Waals surface area contributed by atoms with E-state index in [1.807, 2.05) is 30.3 Å². The van der Waals surface area contributed by atoms with Crippen molar-refractivity contribution in [2.75, 3.05) is 19.6 Å². The Labute approximate surface area is 97.5 Å². The van der Waals surface area contributed by atoms with Crippen molar-refractivity contribution in [3.8, 4) is 17.9 Å². The first-order valence-electron chi connectivity index (χ1n) is 5.50. The molecule has 0 fully saturated rings. The molecule has 16 heavy (non-hydrogen) atoms. The van der Waals surface area contributed by atoms with E-state index in [0.29, 0.717) is 6.42 Å². The minimum Gasteiger partial charge on any atom is -0.292 e. The summed E-state index contributed by atoms with van der Waals surface area (Å²) in [6, 6.07) is 12.1. The maximum absolute atomic E-state index is 8.50. The van der Waals surface area contributed by atoms with Crippen molar-refractivity contribution in [2.45, 2.75) is 13.3 Å². The molecule has 2 heteroatoms. The van der Waals surface area contributed by atoms with Gasteiger partial charge in [0.15, 0.2) is 0 Å². The Morgan fingerprint density at radius 3 is 2.62 bits per heavy atom. The van der Waals surface area contributed by atoms with Gasteiger partial charge in [-0.2, -0.15) is 5.26 Å². The SMILES string of the molecule is CCN(CC#Cc1ccccc1)CCC#N. The molecule has 82 valence electrons. The first-order chi connectivity index (χ1) is 7.86. The molecule has 1 rings (SSSR count). The Balaban J connectivity index is 2.44. The van der Waals surface area contributed by atoms with Gasteiger partial charge in [-0.3, -0.25) is 4.90 Å². The van der Waals surface area contributed by atoms with E-state index < -0.39 is 0 Å². The number of hydrogen-bond donors (Lipinski definition) is 0. The maximum Gasteiger partial charge on any atom is 0.0635 e. The van der Waals surface area contributed by atoms with E-state index in [2.05, 4.69) is 29.7 Å². The Bertz CT molecular complexity index is 392. The molecule has 0 aromatic heterocycles. The lowest BCUT2D eigenvalue weighted by molar-refractivity contribution is 0.332. The molecule has 1 aromatic carbocycles. The van der Waals surface area contributed by atoms with Crippen LogP contribution >= 0.6 is 0 Å². The summed E-state index contributed by atoms with van der Waals surface area (Å²) >= 11 is 0. The van der Waals surface area contributed by atoms with Crippen molar-refractivity contribution in [1.29, 1.82) is 5.26 Å². The summed E-state index contributed by atoms with van der Waals surface area (Å²) in [4.78, 5) is 2.17. The van der Waals surface area contributed by atoms with Gasteiger partial charge in [-0.05, 0) is 18.7 Å². The molecular weight excluding hydrogens is 196 g/mol. The van der Waals surface area contributed by atoms with Gasteiger partial charge in [0.2, 0.25) is 0 Å². The van der Waals surface area contributed by atoms with Crippen molar-refractivity contribution in [3.05, 3.63) is 35.9 Å². The lowest BCUT2D eigenvalue weighted by atomic mass is 10.2. The smallest absolute Gasteiger partial charge is 0.0635 e. The molecular formula is C14H16N2. The minimum atomic E-state index is 0.570. The highest BCUT2D eigenvalue weighted by molar-refractivity contribution is 5.33. The molecule has 0 heterocycles. The molecule has 0 amide bonds. The summed E-state index contributed by atoms with van der Waals surface area (Å²) in [7, 11) is 0. The number of nitriles is 1. The zero-order valence-electron chi connectivity index (χ0n) is 9.61. The number of nitrogens with zero attached hydrogens (tertiary/aromatic N) is 2. The van der Waals surface area contributed by atoms with Gasteiger partial charge in [0, 0.05) is 18.5 Å². The van der Waals surface area contributed by atoms with Crippen LogP contribution in [0.15, 0.2) is 30.3 Å². The first-order valence-corrected chi connectivity index (χ1v) is 5.50. The molecule has 0 atom stereocenters. The van der Waals surface area contributed by atoms with Crippen LogP contribution in [0.5, 0.6) is 0 Å². The Kier molecular flexibility index (Phi) is 5.78. The summed E-state index contributed by atoms with van der Waals surface area (Å²) in [5.41, 5.74) is 1.04. The van der Waals surface area contributed by atoms with Crippen molar-refractivity contribution in [1.82, 2.24) is 4.90 Å². The van der Waals surface area contributed by atoms with E-state index >= 15 is 0 Å². The second-order valence-corrected chi connectivity index (χ2v) is 3.44. The van der Waals surface area contributed by atoms with Crippen molar-refractivity contribution < 1.29 is 0 Å². The van der Waals surface area contributed by atoms with Crippen LogP contribution < -0.4 is 0 Å². The predicted molar refractivity (Wildman–Crippen MR) is 65.7 cm³/mol. The predicted octanol–water partition coefficient (Wildman–Crippen LogP) is 2.27. The third-order valence-electron chi connectivity index (χ3n) is 2.30. The van der Waals surface area contributed by atoms with Gasteiger partial charge < -0.3 is 0 Å². The molecule has 0 unspecified atom stereocenters. The first kappa shape index (κ1) is 12.3. The highest BCUT2D eigenvalue weighted by atomic mass is 15.1. The quantitative estimate of drug-likeness (QED) is 0.716. The van der Waals surface area contributed by atoms with Crippen LogP contribution in [-0.2, 0) is 0 Å². The highest BCUT2D eigenvalue weighted by Crippen LogP contribution is 1.95. The fraction of sp³-hybridized carbons (Fsp3) is 0.357. The fourth-order valence-corrected chi connectivity index (χ4v) is 1.33. The van der Waals surface area contributed by atoms with Crippen LogP contribution in [0.25, 0.3) is 0 Å². The van der Waals surface area contributed by atoms with Crippen molar-refractivity contribution in [3.63, 3.8) is 0 Å².